The predicted molar refractivity (Wildman–Crippen MR) is 171 cm³/mol. The molecule has 0 aliphatic carbocycles. The summed E-state index contributed by atoms with van der Waals surface area (Å²) in [4.78, 5) is 29.2. The third-order valence-corrected chi connectivity index (χ3v) is 8.29. The number of hydrogen-bond donors (Lipinski definition) is 1. The van der Waals surface area contributed by atoms with E-state index in [0.717, 1.165) is 22.9 Å². The second-order valence-electron chi connectivity index (χ2n) is 11.5. The Balaban J connectivity index is 1.92. The van der Waals surface area contributed by atoms with Crippen LogP contribution >= 0.6 is 23.2 Å². The molecule has 3 rings (SSSR count). The number of hydrogen-bond acceptors (Lipinski definition) is 4. The van der Waals surface area contributed by atoms with Crippen molar-refractivity contribution in [1.82, 2.24) is 10.2 Å². The van der Waals surface area contributed by atoms with Gasteiger partial charge in [0.15, 0.2) is 0 Å². The Morgan fingerprint density at radius 2 is 1.52 bits per heavy atom. The summed E-state index contributed by atoms with van der Waals surface area (Å²) in [6.45, 7) is 7.77. The molecule has 1 unspecified atom stereocenters. The average molecular weight is 633 g/mol. The highest BCUT2D eigenvalue weighted by Gasteiger charge is 2.32. The number of nitrogens with zero attached hydrogens (tertiary/aromatic N) is 2. The molecule has 0 radical (unpaired) electrons. The predicted octanol–water partition coefficient (Wildman–Crippen LogP) is 6.40. The van der Waals surface area contributed by atoms with Gasteiger partial charge < -0.3 is 10.2 Å². The fraction of sp³-hybridized carbons (Fsp3) is 0.375. The topological polar surface area (TPSA) is 86.8 Å². The first-order chi connectivity index (χ1) is 19.6. The summed E-state index contributed by atoms with van der Waals surface area (Å²) in [7, 11) is -3.65. The van der Waals surface area contributed by atoms with E-state index in [1.807, 2.05) is 70.2 Å². The molecule has 226 valence electrons. The van der Waals surface area contributed by atoms with Crippen molar-refractivity contribution in [2.75, 3.05) is 17.1 Å². The molecule has 10 heteroatoms. The summed E-state index contributed by atoms with van der Waals surface area (Å²) in [5.41, 5.74) is 2.46. The van der Waals surface area contributed by atoms with Gasteiger partial charge in [-0.15, -0.1) is 0 Å². The number of benzene rings is 3. The molecule has 2 amide bonds. The number of carbonyl (C=O) groups excluding carboxylic acids is 2. The van der Waals surface area contributed by atoms with E-state index in [1.54, 1.807) is 35.2 Å². The Hall–Kier alpha value is -3.07. The van der Waals surface area contributed by atoms with Gasteiger partial charge in [-0.3, -0.25) is 13.9 Å². The van der Waals surface area contributed by atoms with Crippen LogP contribution < -0.4 is 9.62 Å². The van der Waals surface area contributed by atoms with Crippen molar-refractivity contribution in [3.8, 4) is 0 Å². The van der Waals surface area contributed by atoms with E-state index in [0.29, 0.717) is 22.2 Å². The van der Waals surface area contributed by atoms with Crippen LogP contribution in [-0.2, 0) is 32.6 Å². The summed E-state index contributed by atoms with van der Waals surface area (Å²) in [6.07, 6.45) is 1.73. The maximum Gasteiger partial charge on any atom is 0.243 e. The van der Waals surface area contributed by atoms with Crippen molar-refractivity contribution in [2.24, 2.45) is 0 Å². The number of anilines is 1. The maximum atomic E-state index is 13.9. The molecule has 7 nitrogen and oxygen atoms in total. The van der Waals surface area contributed by atoms with Crippen LogP contribution in [0, 0.1) is 6.92 Å². The minimum Gasteiger partial charge on any atom is -0.350 e. The van der Waals surface area contributed by atoms with E-state index in [-0.39, 0.29) is 37.7 Å². The van der Waals surface area contributed by atoms with Gasteiger partial charge >= 0.3 is 0 Å². The number of aryl methyl sites for hydroxylation is 1. The molecule has 0 heterocycles. The zero-order valence-corrected chi connectivity index (χ0v) is 27.1. The summed E-state index contributed by atoms with van der Waals surface area (Å²) in [5, 5.41) is 4.03. The molecule has 0 saturated heterocycles. The first-order valence-corrected chi connectivity index (χ1v) is 16.4. The van der Waals surface area contributed by atoms with E-state index in [1.165, 1.54) is 4.31 Å². The quantitative estimate of drug-likeness (QED) is 0.250. The van der Waals surface area contributed by atoms with Crippen molar-refractivity contribution in [3.63, 3.8) is 0 Å². The highest BCUT2D eigenvalue weighted by molar-refractivity contribution is 7.92. The Labute approximate surface area is 259 Å². The minimum absolute atomic E-state index is 0.0350. The van der Waals surface area contributed by atoms with E-state index in [9.17, 15) is 18.0 Å². The van der Waals surface area contributed by atoms with Crippen molar-refractivity contribution in [2.45, 2.75) is 65.1 Å². The van der Waals surface area contributed by atoms with Crippen molar-refractivity contribution in [3.05, 3.63) is 99.5 Å². The molecule has 3 aromatic carbocycles. The van der Waals surface area contributed by atoms with Crippen LogP contribution in [0.4, 0.5) is 5.69 Å². The van der Waals surface area contributed by atoms with Gasteiger partial charge in [0.25, 0.3) is 0 Å². The van der Waals surface area contributed by atoms with Crippen molar-refractivity contribution in [1.29, 1.82) is 0 Å². The number of amides is 2. The lowest BCUT2D eigenvalue weighted by atomic mass is 10.00. The molecule has 0 aliphatic rings. The molecule has 0 saturated carbocycles. The second-order valence-corrected chi connectivity index (χ2v) is 14.2. The van der Waals surface area contributed by atoms with Crippen LogP contribution in [0.2, 0.25) is 10.0 Å². The largest absolute Gasteiger partial charge is 0.350 e. The van der Waals surface area contributed by atoms with Gasteiger partial charge in [-0.2, -0.15) is 0 Å². The molecule has 0 spiro atoms. The van der Waals surface area contributed by atoms with Gasteiger partial charge in [-0.1, -0.05) is 71.7 Å². The lowest BCUT2D eigenvalue weighted by molar-refractivity contribution is -0.142. The van der Waals surface area contributed by atoms with E-state index in [4.69, 9.17) is 23.2 Å². The third kappa shape index (κ3) is 10.0. The van der Waals surface area contributed by atoms with Gasteiger partial charge in [-0.25, -0.2) is 8.42 Å². The van der Waals surface area contributed by atoms with Crippen LogP contribution in [-0.4, -0.2) is 49.5 Å². The first kappa shape index (κ1) is 33.4. The van der Waals surface area contributed by atoms with E-state index in [2.05, 4.69) is 5.32 Å². The number of carbonyl (C=O) groups is 2. The average Bonchev–Trinajstić information content (AvgIpc) is 2.90. The number of nitrogens with one attached hydrogen (secondary N) is 1. The monoisotopic (exact) mass is 631 g/mol. The zero-order chi connectivity index (χ0) is 31.1. The Bertz CT molecular complexity index is 1470. The Morgan fingerprint density at radius 3 is 2.12 bits per heavy atom. The first-order valence-electron chi connectivity index (χ1n) is 13.8. The van der Waals surface area contributed by atoms with Gasteiger partial charge in [0.2, 0.25) is 21.8 Å². The normalized spacial score (nSPS) is 12.5. The fourth-order valence-electron chi connectivity index (χ4n) is 4.63. The fourth-order valence-corrected chi connectivity index (χ4v) is 5.93. The van der Waals surface area contributed by atoms with Gasteiger partial charge in [-0.05, 0) is 75.1 Å². The van der Waals surface area contributed by atoms with E-state index >= 15 is 0 Å². The van der Waals surface area contributed by atoms with Gasteiger partial charge in [0.1, 0.15) is 6.04 Å². The molecular formula is C32H39Cl2N3O4S. The van der Waals surface area contributed by atoms with Crippen LogP contribution in [0.15, 0.2) is 72.8 Å². The zero-order valence-electron chi connectivity index (χ0n) is 24.7. The van der Waals surface area contributed by atoms with Gasteiger partial charge in [0, 0.05) is 41.5 Å². The SMILES string of the molecule is Cc1ccc(Cl)cc1N(CCCC(=O)N(Cc1ccc(Cl)cc1)C(Cc1ccccc1)C(=O)NC(C)(C)C)S(C)(=O)=O. The summed E-state index contributed by atoms with van der Waals surface area (Å²) in [5.74, 6) is -0.521. The number of sulfonamides is 1. The molecule has 42 heavy (non-hydrogen) atoms. The molecular weight excluding hydrogens is 593 g/mol. The lowest BCUT2D eigenvalue weighted by Crippen LogP contribution is -2.54. The number of rotatable bonds is 12. The second kappa shape index (κ2) is 14.4. The number of halogens is 2. The standard InChI is InChI=1S/C32H39Cl2N3O4S/c1-23-13-16-27(34)21-28(23)37(42(5,40)41)19-9-12-30(38)36(22-25-14-17-26(33)18-15-25)29(31(39)35-32(2,3)4)20-24-10-7-6-8-11-24/h6-8,10-11,13-18,21,29H,9,12,19-20,22H2,1-5H3,(H,35,39). The van der Waals surface area contributed by atoms with Crippen LogP contribution in [0.3, 0.4) is 0 Å². The smallest absolute Gasteiger partial charge is 0.243 e. The molecule has 1 atom stereocenters. The molecule has 0 bridgehead atoms. The summed E-state index contributed by atoms with van der Waals surface area (Å²) < 4.78 is 26.7. The highest BCUT2D eigenvalue weighted by atomic mass is 35.5. The molecule has 0 aromatic heterocycles. The Morgan fingerprint density at radius 1 is 0.905 bits per heavy atom. The molecule has 0 aliphatic heterocycles. The lowest BCUT2D eigenvalue weighted by Gasteiger charge is -2.34. The van der Waals surface area contributed by atoms with E-state index < -0.39 is 21.6 Å². The molecule has 0 fully saturated rings. The van der Waals surface area contributed by atoms with Crippen LogP contribution in [0.25, 0.3) is 0 Å². The minimum atomic E-state index is -3.65. The third-order valence-electron chi connectivity index (χ3n) is 6.63. The molecule has 3 aromatic rings. The molecule has 1 N–H and O–H groups in total. The van der Waals surface area contributed by atoms with Crippen LogP contribution in [0.5, 0.6) is 0 Å². The maximum absolute atomic E-state index is 13.9. The van der Waals surface area contributed by atoms with Crippen molar-refractivity contribution < 1.29 is 18.0 Å². The summed E-state index contributed by atoms with van der Waals surface area (Å²) >= 11 is 12.3. The van der Waals surface area contributed by atoms with Crippen LogP contribution in [0.1, 0.15) is 50.3 Å². The highest BCUT2D eigenvalue weighted by Crippen LogP contribution is 2.27. The van der Waals surface area contributed by atoms with Gasteiger partial charge in [0.05, 0.1) is 11.9 Å². The van der Waals surface area contributed by atoms with Crippen molar-refractivity contribution >= 4 is 50.7 Å². The summed E-state index contributed by atoms with van der Waals surface area (Å²) in [6, 6.07) is 21.0. The Kier molecular flexibility index (Phi) is 11.5.